The third-order valence-electron chi connectivity index (χ3n) is 4.97. The number of carbonyl (C=O) groups is 1. The fourth-order valence-corrected chi connectivity index (χ4v) is 3.58. The van der Waals surface area contributed by atoms with Gasteiger partial charge in [-0.05, 0) is 42.8 Å². The molecule has 9 heteroatoms. The van der Waals surface area contributed by atoms with E-state index in [1.54, 1.807) is 22.8 Å². The molecule has 2 aromatic heterocycles. The SMILES string of the molecule is Cl.O=C(N[C@@H]1CCNC[C@@H]1F)c1cn(Cc2ccnc(F)c2)c2cccc(F)c12. The molecule has 0 bridgehead atoms. The van der Waals surface area contributed by atoms with Crippen LogP contribution in [-0.2, 0) is 6.54 Å². The molecule has 2 N–H and O–H groups in total. The van der Waals surface area contributed by atoms with E-state index in [0.717, 1.165) is 0 Å². The molecule has 1 aromatic carbocycles. The number of piperidine rings is 1. The average Bonchev–Trinajstić information content (AvgIpc) is 3.04. The van der Waals surface area contributed by atoms with E-state index in [-0.39, 0.29) is 36.4 Å². The van der Waals surface area contributed by atoms with Crippen molar-refractivity contribution >= 4 is 29.2 Å². The number of nitrogens with zero attached hydrogens (tertiary/aromatic N) is 2. The zero-order valence-corrected chi connectivity index (χ0v) is 16.2. The second-order valence-corrected chi connectivity index (χ2v) is 6.88. The Kier molecular flexibility index (Phi) is 6.44. The van der Waals surface area contributed by atoms with Crippen molar-refractivity contribution in [2.75, 3.05) is 13.1 Å². The van der Waals surface area contributed by atoms with Crippen LogP contribution >= 0.6 is 12.4 Å². The molecule has 1 aliphatic heterocycles. The van der Waals surface area contributed by atoms with Gasteiger partial charge in [0.05, 0.1) is 17.1 Å². The van der Waals surface area contributed by atoms with Gasteiger partial charge in [0.1, 0.15) is 12.0 Å². The summed E-state index contributed by atoms with van der Waals surface area (Å²) in [5.41, 5.74) is 1.26. The third kappa shape index (κ3) is 4.38. The molecule has 2 atom stereocenters. The van der Waals surface area contributed by atoms with Crippen LogP contribution in [0.3, 0.4) is 0 Å². The minimum Gasteiger partial charge on any atom is -0.346 e. The summed E-state index contributed by atoms with van der Waals surface area (Å²) in [5.74, 6) is -1.67. The van der Waals surface area contributed by atoms with Gasteiger partial charge >= 0.3 is 0 Å². The summed E-state index contributed by atoms with van der Waals surface area (Å²) in [5, 5.41) is 5.78. The lowest BCUT2D eigenvalue weighted by Gasteiger charge is -2.27. The van der Waals surface area contributed by atoms with Gasteiger partial charge in [-0.15, -0.1) is 12.4 Å². The van der Waals surface area contributed by atoms with Gasteiger partial charge in [-0.2, -0.15) is 4.39 Å². The van der Waals surface area contributed by atoms with Crippen LogP contribution in [0.2, 0.25) is 0 Å². The van der Waals surface area contributed by atoms with Crippen LogP contribution in [0.5, 0.6) is 0 Å². The largest absolute Gasteiger partial charge is 0.346 e. The van der Waals surface area contributed by atoms with Crippen LogP contribution in [-0.4, -0.2) is 40.8 Å². The number of amides is 1. The van der Waals surface area contributed by atoms with Gasteiger partial charge in [0.2, 0.25) is 5.95 Å². The molecule has 1 fully saturated rings. The molecular weight excluding hydrogens is 405 g/mol. The van der Waals surface area contributed by atoms with Crippen molar-refractivity contribution in [2.45, 2.75) is 25.2 Å². The quantitative estimate of drug-likeness (QED) is 0.632. The van der Waals surface area contributed by atoms with E-state index in [9.17, 15) is 18.0 Å². The topological polar surface area (TPSA) is 59.0 Å². The van der Waals surface area contributed by atoms with Crippen LogP contribution in [0.25, 0.3) is 10.9 Å². The Morgan fingerprint density at radius 1 is 1.31 bits per heavy atom. The summed E-state index contributed by atoms with van der Waals surface area (Å²) < 4.78 is 43.7. The highest BCUT2D eigenvalue weighted by atomic mass is 35.5. The van der Waals surface area contributed by atoms with Gasteiger partial charge in [-0.1, -0.05) is 6.07 Å². The highest BCUT2D eigenvalue weighted by molar-refractivity contribution is 6.07. The van der Waals surface area contributed by atoms with Gasteiger partial charge in [0.15, 0.2) is 0 Å². The Bertz CT molecular complexity index is 1030. The van der Waals surface area contributed by atoms with Crippen LogP contribution in [0, 0.1) is 11.8 Å². The number of pyridine rings is 1. The fourth-order valence-electron chi connectivity index (χ4n) is 3.58. The van der Waals surface area contributed by atoms with Crippen LogP contribution in [0.15, 0.2) is 42.7 Å². The van der Waals surface area contributed by atoms with Gasteiger partial charge in [-0.25, -0.2) is 13.8 Å². The van der Waals surface area contributed by atoms with Gasteiger partial charge in [-0.3, -0.25) is 4.79 Å². The average molecular weight is 425 g/mol. The van der Waals surface area contributed by atoms with Gasteiger partial charge in [0, 0.05) is 30.9 Å². The Morgan fingerprint density at radius 2 is 2.14 bits per heavy atom. The van der Waals surface area contributed by atoms with Crippen molar-refractivity contribution in [1.82, 2.24) is 20.2 Å². The summed E-state index contributed by atoms with van der Waals surface area (Å²) in [6, 6.07) is 6.83. The molecule has 1 aliphatic rings. The zero-order valence-electron chi connectivity index (χ0n) is 15.4. The normalized spacial score (nSPS) is 19.0. The number of hydrogen-bond acceptors (Lipinski definition) is 3. The zero-order chi connectivity index (χ0) is 19.7. The lowest BCUT2D eigenvalue weighted by molar-refractivity contribution is 0.0893. The Hall–Kier alpha value is -2.58. The maximum atomic E-state index is 14.5. The van der Waals surface area contributed by atoms with E-state index >= 15 is 0 Å². The van der Waals surface area contributed by atoms with Crippen LogP contribution in [0.4, 0.5) is 13.2 Å². The lowest BCUT2D eigenvalue weighted by atomic mass is 10.0. The molecule has 0 radical (unpaired) electrons. The molecule has 0 aliphatic carbocycles. The summed E-state index contributed by atoms with van der Waals surface area (Å²) in [6.45, 7) is 1.02. The molecule has 1 amide bonds. The maximum absolute atomic E-state index is 14.5. The number of nitrogens with one attached hydrogen (secondary N) is 2. The Labute approximate surface area is 171 Å². The van der Waals surface area contributed by atoms with Crippen LogP contribution in [0.1, 0.15) is 22.3 Å². The summed E-state index contributed by atoms with van der Waals surface area (Å²) in [6.07, 6.45) is 2.14. The molecule has 1 saturated heterocycles. The third-order valence-corrected chi connectivity index (χ3v) is 4.97. The summed E-state index contributed by atoms with van der Waals surface area (Å²) >= 11 is 0. The Morgan fingerprint density at radius 3 is 2.90 bits per heavy atom. The van der Waals surface area contributed by atoms with Gasteiger partial charge in [0.25, 0.3) is 5.91 Å². The van der Waals surface area contributed by atoms with Crippen molar-refractivity contribution in [3.8, 4) is 0 Å². The van der Waals surface area contributed by atoms with E-state index in [2.05, 4.69) is 15.6 Å². The number of rotatable bonds is 4. The number of hydrogen-bond donors (Lipinski definition) is 2. The standard InChI is InChI=1S/C20H19F3N4O.ClH/c21-14-2-1-3-17-19(14)13(20(28)26-16-5-6-24-9-15(16)22)11-27(17)10-12-4-7-25-18(23)8-12;/h1-4,7-8,11,15-16,24H,5-6,9-10H2,(H,26,28);1H/t15-,16+;/m0./s1. The van der Waals surface area contributed by atoms with E-state index in [1.807, 2.05) is 0 Å². The number of fused-ring (bicyclic) bond motifs is 1. The molecule has 154 valence electrons. The first-order valence-corrected chi connectivity index (χ1v) is 9.06. The molecule has 29 heavy (non-hydrogen) atoms. The van der Waals surface area contributed by atoms with Crippen molar-refractivity contribution in [2.24, 2.45) is 0 Å². The highest BCUT2D eigenvalue weighted by Gasteiger charge is 2.28. The Balaban J connectivity index is 0.00000240. The maximum Gasteiger partial charge on any atom is 0.253 e. The summed E-state index contributed by atoms with van der Waals surface area (Å²) in [4.78, 5) is 16.3. The predicted molar refractivity (Wildman–Crippen MR) is 106 cm³/mol. The minimum absolute atomic E-state index is 0. The number of carbonyl (C=O) groups excluding carboxylic acids is 1. The highest BCUT2D eigenvalue weighted by Crippen LogP contribution is 2.26. The first-order chi connectivity index (χ1) is 13.5. The molecule has 3 heterocycles. The first kappa shape index (κ1) is 21.1. The van der Waals surface area contributed by atoms with Crippen molar-refractivity contribution < 1.29 is 18.0 Å². The molecule has 3 aromatic rings. The number of alkyl halides is 1. The second kappa shape index (κ2) is 8.84. The molecular formula is C20H20ClF3N4O. The molecule has 0 unspecified atom stereocenters. The van der Waals surface area contributed by atoms with E-state index in [0.29, 0.717) is 24.0 Å². The first-order valence-electron chi connectivity index (χ1n) is 9.06. The van der Waals surface area contributed by atoms with E-state index in [1.165, 1.54) is 24.5 Å². The molecule has 5 nitrogen and oxygen atoms in total. The predicted octanol–water partition coefficient (Wildman–Crippen LogP) is 3.21. The van der Waals surface area contributed by atoms with Crippen LogP contribution < -0.4 is 10.6 Å². The van der Waals surface area contributed by atoms with Crippen molar-refractivity contribution in [3.63, 3.8) is 0 Å². The number of halogens is 4. The van der Waals surface area contributed by atoms with E-state index < -0.39 is 29.9 Å². The smallest absolute Gasteiger partial charge is 0.253 e. The number of aromatic nitrogens is 2. The second-order valence-electron chi connectivity index (χ2n) is 6.88. The monoisotopic (exact) mass is 424 g/mol. The van der Waals surface area contributed by atoms with Crippen molar-refractivity contribution in [3.05, 3.63) is 65.6 Å². The molecule has 0 saturated carbocycles. The summed E-state index contributed by atoms with van der Waals surface area (Å²) in [7, 11) is 0. The molecule has 0 spiro atoms. The minimum atomic E-state index is -1.20. The van der Waals surface area contributed by atoms with E-state index in [4.69, 9.17) is 0 Å². The van der Waals surface area contributed by atoms with Gasteiger partial charge < -0.3 is 15.2 Å². The van der Waals surface area contributed by atoms with Crippen molar-refractivity contribution in [1.29, 1.82) is 0 Å². The number of benzene rings is 1. The molecule has 4 rings (SSSR count). The lowest BCUT2D eigenvalue weighted by Crippen LogP contribution is -2.50. The fraction of sp³-hybridized carbons (Fsp3) is 0.300.